The molecule has 5 nitrogen and oxygen atoms in total. The van der Waals surface area contributed by atoms with Gasteiger partial charge in [-0.25, -0.2) is 4.99 Å². The van der Waals surface area contributed by atoms with E-state index in [2.05, 4.69) is 78.1 Å². The van der Waals surface area contributed by atoms with Gasteiger partial charge in [-0.15, -0.1) is 0 Å². The molecular formula is C22H27N5. The van der Waals surface area contributed by atoms with Crippen molar-refractivity contribution in [1.82, 2.24) is 20.4 Å². The molecule has 3 aromatic rings. The van der Waals surface area contributed by atoms with Crippen LogP contribution in [0.25, 0.3) is 0 Å². The Morgan fingerprint density at radius 3 is 2.63 bits per heavy atom. The predicted molar refractivity (Wildman–Crippen MR) is 111 cm³/mol. The van der Waals surface area contributed by atoms with E-state index in [1.807, 2.05) is 23.0 Å². The van der Waals surface area contributed by atoms with E-state index in [-0.39, 0.29) is 6.04 Å². The van der Waals surface area contributed by atoms with Crippen LogP contribution in [0.4, 0.5) is 0 Å². The minimum absolute atomic E-state index is 0.190. The fourth-order valence-corrected chi connectivity index (χ4v) is 2.93. The molecule has 1 unspecified atom stereocenters. The number of guanidine groups is 1. The minimum Gasteiger partial charge on any atom is -0.357 e. The summed E-state index contributed by atoms with van der Waals surface area (Å²) < 4.78 is 1.93. The third-order valence-corrected chi connectivity index (χ3v) is 4.31. The fraction of sp³-hybridized carbons (Fsp3) is 0.273. The highest BCUT2D eigenvalue weighted by Crippen LogP contribution is 2.11. The smallest absolute Gasteiger partial charge is 0.192 e. The zero-order valence-electron chi connectivity index (χ0n) is 16.0. The molecule has 0 bridgehead atoms. The third-order valence-electron chi connectivity index (χ3n) is 4.31. The Bertz CT molecular complexity index is 840. The molecule has 2 aromatic carbocycles. The molecule has 0 spiro atoms. The van der Waals surface area contributed by atoms with E-state index >= 15 is 0 Å². The summed E-state index contributed by atoms with van der Waals surface area (Å²) in [6.45, 7) is 6.45. The maximum absolute atomic E-state index is 4.76. The third kappa shape index (κ3) is 5.71. The Kier molecular flexibility index (Phi) is 6.63. The summed E-state index contributed by atoms with van der Waals surface area (Å²) in [6.07, 6.45) is 3.78. The van der Waals surface area contributed by atoms with Gasteiger partial charge in [-0.2, -0.15) is 5.10 Å². The first-order chi connectivity index (χ1) is 13.2. The lowest BCUT2D eigenvalue weighted by Crippen LogP contribution is -2.38. The standard InChI is InChI=1S/C22H27N5/c1-3-23-22(26-18(2)21-11-5-4-6-12-21)24-16-19-9-7-10-20(15-19)17-27-14-8-13-25-27/h4-15,18H,3,16-17H2,1-2H3,(H2,23,24,26). The lowest BCUT2D eigenvalue weighted by atomic mass is 10.1. The Morgan fingerprint density at radius 2 is 1.89 bits per heavy atom. The topological polar surface area (TPSA) is 54.2 Å². The molecule has 0 aliphatic heterocycles. The number of hydrogen-bond acceptors (Lipinski definition) is 2. The van der Waals surface area contributed by atoms with E-state index in [1.54, 1.807) is 6.20 Å². The summed E-state index contributed by atoms with van der Waals surface area (Å²) in [5.74, 6) is 0.825. The second kappa shape index (κ2) is 9.57. The molecule has 2 N–H and O–H groups in total. The van der Waals surface area contributed by atoms with Crippen molar-refractivity contribution in [3.8, 4) is 0 Å². The monoisotopic (exact) mass is 361 g/mol. The molecule has 0 saturated heterocycles. The second-order valence-electron chi connectivity index (χ2n) is 6.50. The van der Waals surface area contributed by atoms with Crippen molar-refractivity contribution in [2.75, 3.05) is 6.54 Å². The van der Waals surface area contributed by atoms with Crippen molar-refractivity contribution in [3.05, 3.63) is 89.7 Å². The summed E-state index contributed by atoms with van der Waals surface area (Å²) in [5.41, 5.74) is 3.65. The van der Waals surface area contributed by atoms with Crippen LogP contribution in [-0.4, -0.2) is 22.3 Å². The summed E-state index contributed by atoms with van der Waals surface area (Å²) in [4.78, 5) is 4.76. The summed E-state index contributed by atoms with van der Waals surface area (Å²) >= 11 is 0. The molecule has 3 rings (SSSR count). The van der Waals surface area contributed by atoms with Gasteiger partial charge < -0.3 is 10.6 Å². The van der Waals surface area contributed by atoms with Crippen LogP contribution in [0.15, 0.2) is 78.0 Å². The van der Waals surface area contributed by atoms with Gasteiger partial charge in [0.15, 0.2) is 5.96 Å². The van der Waals surface area contributed by atoms with Gasteiger partial charge in [-0.1, -0.05) is 54.6 Å². The quantitative estimate of drug-likeness (QED) is 0.498. The SMILES string of the molecule is CCNC(=NCc1cccc(Cn2cccn2)c1)NC(C)c1ccccc1. The van der Waals surface area contributed by atoms with Gasteiger partial charge in [0.2, 0.25) is 0 Å². The van der Waals surface area contributed by atoms with Crippen LogP contribution in [0.1, 0.15) is 36.6 Å². The molecule has 0 fully saturated rings. The average molecular weight is 361 g/mol. The van der Waals surface area contributed by atoms with Gasteiger partial charge in [0, 0.05) is 18.9 Å². The van der Waals surface area contributed by atoms with Crippen molar-refractivity contribution in [2.45, 2.75) is 33.0 Å². The molecule has 1 aromatic heterocycles. The molecule has 1 heterocycles. The van der Waals surface area contributed by atoms with Gasteiger partial charge in [0.05, 0.1) is 19.1 Å². The summed E-state index contributed by atoms with van der Waals surface area (Å²) in [7, 11) is 0. The van der Waals surface area contributed by atoms with Crippen LogP contribution in [0.5, 0.6) is 0 Å². The predicted octanol–water partition coefficient (Wildman–Crippen LogP) is 3.75. The van der Waals surface area contributed by atoms with Gasteiger partial charge in [-0.05, 0) is 36.6 Å². The van der Waals surface area contributed by atoms with Crippen molar-refractivity contribution >= 4 is 5.96 Å². The number of nitrogens with zero attached hydrogens (tertiary/aromatic N) is 3. The Morgan fingerprint density at radius 1 is 1.07 bits per heavy atom. The summed E-state index contributed by atoms with van der Waals surface area (Å²) in [5, 5.41) is 11.1. The van der Waals surface area contributed by atoms with Crippen LogP contribution in [0.3, 0.4) is 0 Å². The first kappa shape index (κ1) is 18.7. The van der Waals surface area contributed by atoms with Crippen LogP contribution in [0, 0.1) is 0 Å². The van der Waals surface area contributed by atoms with Crippen molar-refractivity contribution in [1.29, 1.82) is 0 Å². The van der Waals surface area contributed by atoms with Gasteiger partial charge in [0.25, 0.3) is 0 Å². The fourth-order valence-electron chi connectivity index (χ4n) is 2.93. The van der Waals surface area contributed by atoms with E-state index in [9.17, 15) is 0 Å². The number of aliphatic imine (C=N–C) groups is 1. The molecule has 5 heteroatoms. The molecular weight excluding hydrogens is 334 g/mol. The van der Waals surface area contributed by atoms with Crippen LogP contribution < -0.4 is 10.6 Å². The Balaban J connectivity index is 1.66. The van der Waals surface area contributed by atoms with E-state index in [0.717, 1.165) is 19.0 Å². The number of nitrogens with one attached hydrogen (secondary N) is 2. The lowest BCUT2D eigenvalue weighted by molar-refractivity contribution is 0.683. The van der Waals surface area contributed by atoms with E-state index in [4.69, 9.17) is 4.99 Å². The maximum atomic E-state index is 4.76. The molecule has 0 radical (unpaired) electrons. The molecule has 140 valence electrons. The van der Waals surface area contributed by atoms with E-state index in [1.165, 1.54) is 16.7 Å². The van der Waals surface area contributed by atoms with Gasteiger partial charge >= 0.3 is 0 Å². The average Bonchev–Trinajstić information content (AvgIpc) is 3.20. The van der Waals surface area contributed by atoms with Crippen LogP contribution in [0.2, 0.25) is 0 Å². The van der Waals surface area contributed by atoms with Crippen LogP contribution in [-0.2, 0) is 13.1 Å². The number of benzene rings is 2. The van der Waals surface area contributed by atoms with Crippen molar-refractivity contribution < 1.29 is 0 Å². The molecule has 0 aliphatic rings. The molecule has 27 heavy (non-hydrogen) atoms. The van der Waals surface area contributed by atoms with Crippen molar-refractivity contribution in [2.24, 2.45) is 4.99 Å². The Labute approximate surface area is 161 Å². The van der Waals surface area contributed by atoms with Crippen LogP contribution >= 0.6 is 0 Å². The number of hydrogen-bond donors (Lipinski definition) is 2. The number of aromatic nitrogens is 2. The maximum Gasteiger partial charge on any atom is 0.192 e. The van der Waals surface area contributed by atoms with Gasteiger partial charge in [-0.3, -0.25) is 4.68 Å². The highest BCUT2D eigenvalue weighted by Gasteiger charge is 2.07. The highest BCUT2D eigenvalue weighted by atomic mass is 15.3. The first-order valence-corrected chi connectivity index (χ1v) is 9.39. The molecule has 0 amide bonds. The second-order valence-corrected chi connectivity index (χ2v) is 6.50. The number of rotatable bonds is 7. The molecule has 0 aliphatic carbocycles. The zero-order valence-corrected chi connectivity index (χ0v) is 16.0. The normalized spacial score (nSPS) is 12.6. The molecule has 1 atom stereocenters. The van der Waals surface area contributed by atoms with E-state index in [0.29, 0.717) is 6.54 Å². The largest absolute Gasteiger partial charge is 0.357 e. The first-order valence-electron chi connectivity index (χ1n) is 9.39. The molecule has 0 saturated carbocycles. The van der Waals surface area contributed by atoms with Gasteiger partial charge in [0.1, 0.15) is 0 Å². The summed E-state index contributed by atoms with van der Waals surface area (Å²) in [6, 6.07) is 21.0. The Hall–Kier alpha value is -3.08. The van der Waals surface area contributed by atoms with Crippen molar-refractivity contribution in [3.63, 3.8) is 0 Å². The van der Waals surface area contributed by atoms with E-state index < -0.39 is 0 Å². The lowest BCUT2D eigenvalue weighted by Gasteiger charge is -2.18. The highest BCUT2D eigenvalue weighted by molar-refractivity contribution is 5.80. The minimum atomic E-state index is 0.190. The zero-order chi connectivity index (χ0) is 18.9.